The molecule has 1 heterocycles. The largest absolute Gasteiger partial charge is 0.453 e. The van der Waals surface area contributed by atoms with E-state index in [-0.39, 0.29) is 11.9 Å². The molecule has 0 aliphatic rings. The van der Waals surface area contributed by atoms with Crippen LogP contribution in [0.15, 0.2) is 43.9 Å². The molecular formula is C14H14Br2FNO. The summed E-state index contributed by atoms with van der Waals surface area (Å²) in [5, 5.41) is 3.31. The average molecular weight is 391 g/mol. The average Bonchev–Trinajstić information content (AvgIpc) is 2.80. The SMILES string of the molecule is CCNC(Cc1cc(Br)ccc1F)c1ccc(Br)o1. The summed E-state index contributed by atoms with van der Waals surface area (Å²) in [6.07, 6.45) is 0.541. The number of hydrogen-bond donors (Lipinski definition) is 1. The van der Waals surface area contributed by atoms with Crippen molar-refractivity contribution in [2.75, 3.05) is 6.54 Å². The van der Waals surface area contributed by atoms with Crippen molar-refractivity contribution >= 4 is 31.9 Å². The minimum Gasteiger partial charge on any atom is -0.453 e. The van der Waals surface area contributed by atoms with Crippen LogP contribution in [0.25, 0.3) is 0 Å². The van der Waals surface area contributed by atoms with E-state index in [9.17, 15) is 4.39 Å². The van der Waals surface area contributed by atoms with Gasteiger partial charge in [-0.05, 0) is 64.8 Å². The molecule has 0 radical (unpaired) electrons. The molecule has 1 atom stereocenters. The van der Waals surface area contributed by atoms with Crippen molar-refractivity contribution in [3.63, 3.8) is 0 Å². The maximum Gasteiger partial charge on any atom is 0.169 e. The second-order valence-electron chi connectivity index (χ2n) is 4.19. The second-order valence-corrected chi connectivity index (χ2v) is 5.89. The number of nitrogens with one attached hydrogen (secondary N) is 1. The van der Waals surface area contributed by atoms with Gasteiger partial charge in [0, 0.05) is 4.47 Å². The smallest absolute Gasteiger partial charge is 0.169 e. The lowest BCUT2D eigenvalue weighted by Crippen LogP contribution is -2.22. The molecular weight excluding hydrogens is 377 g/mol. The van der Waals surface area contributed by atoms with E-state index in [1.54, 1.807) is 12.1 Å². The summed E-state index contributed by atoms with van der Waals surface area (Å²) in [6, 6.07) is 8.67. The fourth-order valence-electron chi connectivity index (χ4n) is 1.95. The first-order chi connectivity index (χ1) is 9.10. The van der Waals surface area contributed by atoms with Gasteiger partial charge in [0.25, 0.3) is 0 Å². The second kappa shape index (κ2) is 6.68. The summed E-state index contributed by atoms with van der Waals surface area (Å²) in [7, 11) is 0. The monoisotopic (exact) mass is 389 g/mol. The Morgan fingerprint density at radius 3 is 2.68 bits per heavy atom. The third-order valence-electron chi connectivity index (χ3n) is 2.82. The van der Waals surface area contributed by atoms with Crippen LogP contribution in [0.5, 0.6) is 0 Å². The molecule has 0 bridgehead atoms. The van der Waals surface area contributed by atoms with Crippen molar-refractivity contribution in [3.8, 4) is 0 Å². The first-order valence-electron chi connectivity index (χ1n) is 6.02. The number of hydrogen-bond acceptors (Lipinski definition) is 2. The van der Waals surface area contributed by atoms with Crippen molar-refractivity contribution in [3.05, 3.63) is 56.6 Å². The predicted molar refractivity (Wildman–Crippen MR) is 80.6 cm³/mol. The molecule has 0 saturated carbocycles. The van der Waals surface area contributed by atoms with E-state index >= 15 is 0 Å². The Bertz CT molecular complexity index is 556. The van der Waals surface area contributed by atoms with Gasteiger partial charge in [-0.15, -0.1) is 0 Å². The minimum atomic E-state index is -0.197. The lowest BCUT2D eigenvalue weighted by atomic mass is 10.0. The van der Waals surface area contributed by atoms with Crippen LogP contribution in [0.1, 0.15) is 24.3 Å². The van der Waals surface area contributed by atoms with Gasteiger partial charge in [0.1, 0.15) is 11.6 Å². The molecule has 0 saturated heterocycles. The molecule has 1 aromatic heterocycles. The molecule has 0 aliphatic carbocycles. The van der Waals surface area contributed by atoms with Gasteiger partial charge in [-0.1, -0.05) is 22.9 Å². The van der Waals surface area contributed by atoms with Gasteiger partial charge in [-0.25, -0.2) is 4.39 Å². The molecule has 0 spiro atoms. The molecule has 5 heteroatoms. The first-order valence-corrected chi connectivity index (χ1v) is 7.61. The maximum absolute atomic E-state index is 13.8. The standard InChI is InChI=1S/C14H14Br2FNO/c1-2-18-12(13-5-6-14(16)19-13)8-9-7-10(15)3-4-11(9)17/h3-7,12,18H,2,8H2,1H3. The molecule has 0 aliphatic heterocycles. The molecule has 2 aromatic rings. The Hall–Kier alpha value is -0.650. The first kappa shape index (κ1) is 14.8. The molecule has 1 N–H and O–H groups in total. The van der Waals surface area contributed by atoms with Gasteiger partial charge in [-0.2, -0.15) is 0 Å². The number of benzene rings is 1. The van der Waals surface area contributed by atoms with E-state index in [4.69, 9.17) is 4.42 Å². The summed E-state index contributed by atoms with van der Waals surface area (Å²) in [4.78, 5) is 0. The zero-order valence-electron chi connectivity index (χ0n) is 10.4. The van der Waals surface area contributed by atoms with E-state index in [1.165, 1.54) is 6.07 Å². The van der Waals surface area contributed by atoms with Crippen LogP contribution in [-0.2, 0) is 6.42 Å². The third kappa shape index (κ3) is 3.91. The van der Waals surface area contributed by atoms with E-state index < -0.39 is 0 Å². The number of furan rings is 1. The van der Waals surface area contributed by atoms with Gasteiger partial charge in [-0.3, -0.25) is 0 Å². The number of rotatable bonds is 5. The van der Waals surface area contributed by atoms with Crippen LogP contribution in [0.3, 0.4) is 0 Å². The fourth-order valence-corrected chi connectivity index (χ4v) is 2.68. The maximum atomic E-state index is 13.8. The summed E-state index contributed by atoms with van der Waals surface area (Å²) < 4.78 is 20.9. The molecule has 2 rings (SSSR count). The molecule has 19 heavy (non-hydrogen) atoms. The Balaban J connectivity index is 2.23. The number of likely N-dealkylation sites (N-methyl/N-ethyl adjacent to an activating group) is 1. The molecule has 1 aromatic carbocycles. The van der Waals surface area contributed by atoms with Crippen LogP contribution in [-0.4, -0.2) is 6.54 Å². The van der Waals surface area contributed by atoms with Gasteiger partial charge < -0.3 is 9.73 Å². The van der Waals surface area contributed by atoms with Crippen molar-refractivity contribution in [2.24, 2.45) is 0 Å². The third-order valence-corrected chi connectivity index (χ3v) is 3.74. The van der Waals surface area contributed by atoms with Crippen LogP contribution in [0.2, 0.25) is 0 Å². The van der Waals surface area contributed by atoms with Crippen molar-refractivity contribution in [2.45, 2.75) is 19.4 Å². The van der Waals surface area contributed by atoms with Gasteiger partial charge >= 0.3 is 0 Å². The zero-order valence-corrected chi connectivity index (χ0v) is 13.6. The predicted octanol–water partition coefficient (Wildman–Crippen LogP) is 4.84. The molecule has 0 fully saturated rings. The molecule has 1 unspecified atom stereocenters. The highest BCUT2D eigenvalue weighted by Gasteiger charge is 2.17. The van der Waals surface area contributed by atoms with E-state index in [0.29, 0.717) is 16.7 Å². The summed E-state index contributed by atoms with van der Waals surface area (Å²) in [6.45, 7) is 2.81. The number of halogens is 3. The van der Waals surface area contributed by atoms with Crippen molar-refractivity contribution < 1.29 is 8.81 Å². The molecule has 0 amide bonds. The van der Waals surface area contributed by atoms with E-state index in [2.05, 4.69) is 37.2 Å². The van der Waals surface area contributed by atoms with Gasteiger partial charge in [0.05, 0.1) is 6.04 Å². The molecule has 2 nitrogen and oxygen atoms in total. The van der Waals surface area contributed by atoms with Crippen molar-refractivity contribution in [1.82, 2.24) is 5.32 Å². The highest BCUT2D eigenvalue weighted by Crippen LogP contribution is 2.25. The van der Waals surface area contributed by atoms with Crippen LogP contribution < -0.4 is 5.32 Å². The molecule has 102 valence electrons. The summed E-state index contributed by atoms with van der Waals surface area (Å²) in [5.41, 5.74) is 0.660. The minimum absolute atomic E-state index is 0.0416. The zero-order chi connectivity index (χ0) is 13.8. The summed E-state index contributed by atoms with van der Waals surface area (Å²) >= 11 is 6.65. The fraction of sp³-hybridized carbons (Fsp3) is 0.286. The highest BCUT2D eigenvalue weighted by atomic mass is 79.9. The summed E-state index contributed by atoms with van der Waals surface area (Å²) in [5.74, 6) is 0.602. The Kier molecular flexibility index (Phi) is 5.19. The lowest BCUT2D eigenvalue weighted by molar-refractivity contribution is 0.402. The topological polar surface area (TPSA) is 25.2 Å². The van der Waals surface area contributed by atoms with E-state index in [0.717, 1.165) is 16.8 Å². The quantitative estimate of drug-likeness (QED) is 0.790. The van der Waals surface area contributed by atoms with Crippen molar-refractivity contribution in [1.29, 1.82) is 0 Å². The Morgan fingerprint density at radius 1 is 1.26 bits per heavy atom. The van der Waals surface area contributed by atoms with Crippen LogP contribution in [0.4, 0.5) is 4.39 Å². The Labute approximate surface area is 128 Å². The lowest BCUT2D eigenvalue weighted by Gasteiger charge is -2.16. The highest BCUT2D eigenvalue weighted by molar-refractivity contribution is 9.10. The normalized spacial score (nSPS) is 12.6. The van der Waals surface area contributed by atoms with Crippen LogP contribution in [0, 0.1) is 5.82 Å². The van der Waals surface area contributed by atoms with Gasteiger partial charge in [0.2, 0.25) is 0 Å². The van der Waals surface area contributed by atoms with Gasteiger partial charge in [0.15, 0.2) is 4.67 Å². The van der Waals surface area contributed by atoms with E-state index in [1.807, 2.05) is 19.1 Å². The Morgan fingerprint density at radius 2 is 2.05 bits per heavy atom. The van der Waals surface area contributed by atoms with Crippen LogP contribution >= 0.6 is 31.9 Å².